The fourth-order valence-corrected chi connectivity index (χ4v) is 5.79. The molecule has 1 amide bonds. The molecule has 1 aliphatic rings. The lowest BCUT2D eigenvalue weighted by Crippen LogP contribution is -2.41. The highest BCUT2D eigenvalue weighted by Gasteiger charge is 2.36. The van der Waals surface area contributed by atoms with Crippen molar-refractivity contribution in [3.63, 3.8) is 0 Å². The number of benzene rings is 3. The average molecular weight is 530 g/mol. The minimum absolute atomic E-state index is 0.0290. The number of carbonyl (C=O) groups excluding carboxylic acids is 1. The fourth-order valence-electron chi connectivity index (χ4n) is 4.12. The maximum atomic E-state index is 15.0. The van der Waals surface area contributed by atoms with Crippen molar-refractivity contribution in [2.45, 2.75) is 17.4 Å². The van der Waals surface area contributed by atoms with Crippen LogP contribution >= 0.6 is 23.2 Å². The molecule has 2 heterocycles. The number of amides is 1. The standard InChI is InChI=1S/C25H18Cl2FN3O3S/c26-18-6-3-16-13-19(7-4-15(16)12-18)35(33,34)30-22-9-11-31(25(22)32)23-8-5-17(14-21(23)28)24-20(27)2-1-10-29-24/h1-8,10,12-14,22,30H,9,11H2. The van der Waals surface area contributed by atoms with E-state index in [-0.39, 0.29) is 23.5 Å². The average Bonchev–Trinajstić information content (AvgIpc) is 3.18. The first-order valence-electron chi connectivity index (χ1n) is 10.7. The number of anilines is 1. The number of carbonyl (C=O) groups is 1. The zero-order valence-electron chi connectivity index (χ0n) is 18.1. The first-order valence-corrected chi connectivity index (χ1v) is 12.9. The number of fused-ring (bicyclic) bond motifs is 1. The van der Waals surface area contributed by atoms with Gasteiger partial charge in [0, 0.05) is 23.3 Å². The molecule has 35 heavy (non-hydrogen) atoms. The smallest absolute Gasteiger partial charge is 0.245 e. The van der Waals surface area contributed by atoms with Crippen LogP contribution in [-0.4, -0.2) is 31.9 Å². The van der Waals surface area contributed by atoms with Gasteiger partial charge in [-0.3, -0.25) is 9.78 Å². The molecule has 1 unspecified atom stereocenters. The van der Waals surface area contributed by atoms with E-state index >= 15 is 0 Å². The summed E-state index contributed by atoms with van der Waals surface area (Å²) in [7, 11) is -3.99. The summed E-state index contributed by atoms with van der Waals surface area (Å²) >= 11 is 12.1. The normalized spacial score (nSPS) is 16.3. The lowest BCUT2D eigenvalue weighted by atomic mass is 10.1. The minimum Gasteiger partial charge on any atom is -0.308 e. The third-order valence-corrected chi connectivity index (χ3v) is 7.87. The topological polar surface area (TPSA) is 79.4 Å². The summed E-state index contributed by atoms with van der Waals surface area (Å²) in [6, 6.07) is 16.4. The van der Waals surface area contributed by atoms with Crippen molar-refractivity contribution in [3.05, 3.63) is 88.8 Å². The van der Waals surface area contributed by atoms with Crippen LogP contribution in [0.4, 0.5) is 10.1 Å². The number of pyridine rings is 1. The minimum atomic E-state index is -3.99. The van der Waals surface area contributed by atoms with Crippen molar-refractivity contribution in [2.75, 3.05) is 11.4 Å². The third-order valence-electron chi connectivity index (χ3n) is 5.86. The zero-order chi connectivity index (χ0) is 24.7. The van der Waals surface area contributed by atoms with E-state index in [9.17, 15) is 17.6 Å². The largest absolute Gasteiger partial charge is 0.308 e. The molecule has 1 fully saturated rings. The molecule has 1 aromatic heterocycles. The van der Waals surface area contributed by atoms with Crippen molar-refractivity contribution >= 4 is 55.6 Å². The van der Waals surface area contributed by atoms with Gasteiger partial charge in [0.2, 0.25) is 15.9 Å². The Morgan fingerprint density at radius 1 is 1.00 bits per heavy atom. The van der Waals surface area contributed by atoms with E-state index in [0.29, 0.717) is 26.7 Å². The summed E-state index contributed by atoms with van der Waals surface area (Å²) in [5.74, 6) is -1.15. The Morgan fingerprint density at radius 3 is 2.54 bits per heavy atom. The molecule has 1 saturated heterocycles. The lowest BCUT2D eigenvalue weighted by Gasteiger charge is -2.19. The molecule has 1 atom stereocenters. The Morgan fingerprint density at radius 2 is 1.77 bits per heavy atom. The fraction of sp³-hybridized carbons (Fsp3) is 0.120. The van der Waals surface area contributed by atoms with Gasteiger partial charge >= 0.3 is 0 Å². The molecule has 0 aliphatic carbocycles. The molecular formula is C25H18Cl2FN3O3S. The van der Waals surface area contributed by atoms with Crippen molar-refractivity contribution < 1.29 is 17.6 Å². The van der Waals surface area contributed by atoms with E-state index in [1.54, 1.807) is 48.7 Å². The van der Waals surface area contributed by atoms with E-state index in [4.69, 9.17) is 23.2 Å². The maximum absolute atomic E-state index is 15.0. The molecule has 1 aliphatic heterocycles. The summed E-state index contributed by atoms with van der Waals surface area (Å²) in [6.45, 7) is 0.169. The van der Waals surface area contributed by atoms with Crippen LogP contribution in [0.3, 0.4) is 0 Å². The van der Waals surface area contributed by atoms with Gasteiger partial charge in [-0.15, -0.1) is 0 Å². The second-order valence-corrected chi connectivity index (χ2v) is 10.7. The Labute approximate surface area is 211 Å². The summed E-state index contributed by atoms with van der Waals surface area (Å²) in [4.78, 5) is 18.5. The summed E-state index contributed by atoms with van der Waals surface area (Å²) in [5.41, 5.74) is 0.962. The SMILES string of the molecule is O=C1C(NS(=O)(=O)c2ccc3cc(Cl)ccc3c2)CCN1c1ccc(-c2ncccc2Cl)cc1F. The van der Waals surface area contributed by atoms with Crippen molar-refractivity contribution in [1.29, 1.82) is 0 Å². The number of rotatable bonds is 5. The molecule has 4 aromatic rings. The molecule has 0 radical (unpaired) electrons. The zero-order valence-corrected chi connectivity index (χ0v) is 20.4. The molecule has 0 bridgehead atoms. The quantitative estimate of drug-likeness (QED) is 0.373. The van der Waals surface area contributed by atoms with Crippen LogP contribution in [0, 0.1) is 5.82 Å². The van der Waals surface area contributed by atoms with Crippen LogP contribution in [-0.2, 0) is 14.8 Å². The highest BCUT2D eigenvalue weighted by Crippen LogP contribution is 2.32. The van der Waals surface area contributed by atoms with Gasteiger partial charge in [-0.1, -0.05) is 41.4 Å². The number of nitrogens with zero attached hydrogens (tertiary/aromatic N) is 2. The van der Waals surface area contributed by atoms with Crippen LogP contribution in [0.1, 0.15) is 6.42 Å². The van der Waals surface area contributed by atoms with Gasteiger partial charge in [0.15, 0.2) is 0 Å². The Balaban J connectivity index is 1.36. The summed E-state index contributed by atoms with van der Waals surface area (Å²) in [5, 5.41) is 2.42. The first kappa shape index (κ1) is 23.7. The summed E-state index contributed by atoms with van der Waals surface area (Å²) < 4.78 is 43.4. The van der Waals surface area contributed by atoms with Crippen LogP contribution in [0.15, 0.2) is 77.8 Å². The van der Waals surface area contributed by atoms with Crippen LogP contribution in [0.2, 0.25) is 10.0 Å². The maximum Gasteiger partial charge on any atom is 0.245 e. The molecule has 1 N–H and O–H groups in total. The number of hydrogen-bond acceptors (Lipinski definition) is 4. The number of nitrogens with one attached hydrogen (secondary N) is 1. The van der Waals surface area contributed by atoms with Gasteiger partial charge in [0.1, 0.15) is 11.9 Å². The van der Waals surface area contributed by atoms with E-state index in [2.05, 4.69) is 9.71 Å². The van der Waals surface area contributed by atoms with Crippen LogP contribution < -0.4 is 9.62 Å². The monoisotopic (exact) mass is 529 g/mol. The van der Waals surface area contributed by atoms with E-state index < -0.39 is 27.8 Å². The molecule has 0 saturated carbocycles. The second kappa shape index (κ2) is 9.20. The number of aromatic nitrogens is 1. The molecular weight excluding hydrogens is 512 g/mol. The number of hydrogen-bond donors (Lipinski definition) is 1. The molecule has 10 heteroatoms. The predicted molar refractivity (Wildman–Crippen MR) is 135 cm³/mol. The van der Waals surface area contributed by atoms with E-state index in [0.717, 1.165) is 5.39 Å². The predicted octanol–water partition coefficient (Wildman–Crippen LogP) is 5.43. The van der Waals surface area contributed by atoms with Gasteiger partial charge in [-0.2, -0.15) is 4.72 Å². The molecule has 178 valence electrons. The first-order chi connectivity index (χ1) is 16.7. The number of halogens is 3. The highest BCUT2D eigenvalue weighted by atomic mass is 35.5. The van der Waals surface area contributed by atoms with Gasteiger partial charge < -0.3 is 4.90 Å². The van der Waals surface area contributed by atoms with Crippen molar-refractivity contribution in [2.24, 2.45) is 0 Å². The molecule has 3 aromatic carbocycles. The van der Waals surface area contributed by atoms with Gasteiger partial charge in [-0.25, -0.2) is 12.8 Å². The van der Waals surface area contributed by atoms with Crippen LogP contribution in [0.5, 0.6) is 0 Å². The van der Waals surface area contributed by atoms with Crippen molar-refractivity contribution in [3.8, 4) is 11.3 Å². The Hall–Kier alpha value is -3.04. The summed E-state index contributed by atoms with van der Waals surface area (Å²) in [6.07, 6.45) is 1.76. The Kier molecular flexibility index (Phi) is 6.23. The lowest BCUT2D eigenvalue weighted by molar-refractivity contribution is -0.118. The van der Waals surface area contributed by atoms with Gasteiger partial charge in [0.25, 0.3) is 0 Å². The Bertz CT molecular complexity index is 1580. The van der Waals surface area contributed by atoms with Crippen LogP contribution in [0.25, 0.3) is 22.0 Å². The van der Waals surface area contributed by atoms with E-state index in [1.165, 1.54) is 29.2 Å². The second-order valence-electron chi connectivity index (χ2n) is 8.11. The molecule has 0 spiro atoms. The highest BCUT2D eigenvalue weighted by molar-refractivity contribution is 7.89. The number of sulfonamides is 1. The molecule has 5 rings (SSSR count). The van der Waals surface area contributed by atoms with Gasteiger partial charge in [-0.05, 0) is 65.7 Å². The van der Waals surface area contributed by atoms with Crippen molar-refractivity contribution in [1.82, 2.24) is 9.71 Å². The third kappa shape index (κ3) is 4.62. The molecule has 6 nitrogen and oxygen atoms in total. The van der Waals surface area contributed by atoms with E-state index in [1.807, 2.05) is 0 Å². The van der Waals surface area contributed by atoms with Gasteiger partial charge in [0.05, 0.1) is 21.3 Å².